The number of aliphatic hydroxyl groups is 1. The Kier molecular flexibility index (Phi) is 6.76. The number of alkyl halides is 3. The van der Waals surface area contributed by atoms with Crippen LogP contribution >= 0.6 is 12.4 Å². The normalized spacial score (nSPS) is 14.7. The summed E-state index contributed by atoms with van der Waals surface area (Å²) in [6, 6.07) is 0.846. The van der Waals surface area contributed by atoms with Gasteiger partial charge in [0.25, 0.3) is 0 Å². The molecule has 0 aliphatic carbocycles. The topological polar surface area (TPSA) is 46.2 Å². The third-order valence-corrected chi connectivity index (χ3v) is 2.68. The minimum absolute atomic E-state index is 0. The number of aliphatic hydroxyl groups excluding tert-OH is 1. The van der Waals surface area contributed by atoms with Gasteiger partial charge in [0, 0.05) is 0 Å². The summed E-state index contributed by atoms with van der Waals surface area (Å²) in [5, 5.41) is 9.64. The fourth-order valence-electron chi connectivity index (χ4n) is 1.75. The molecule has 0 heterocycles. The fourth-order valence-corrected chi connectivity index (χ4v) is 1.75. The van der Waals surface area contributed by atoms with Crippen LogP contribution in [0.5, 0.6) is 0 Å². The Balaban J connectivity index is 0.00000324. The zero-order chi connectivity index (χ0) is 13.9. The van der Waals surface area contributed by atoms with Gasteiger partial charge in [0.1, 0.15) is 5.82 Å². The lowest BCUT2D eigenvalue weighted by Gasteiger charge is -2.22. The monoisotopic (exact) mass is 301 g/mol. The first-order valence-electron chi connectivity index (χ1n) is 5.57. The maximum Gasteiger partial charge on any atom is 0.416 e. The van der Waals surface area contributed by atoms with E-state index in [0.717, 1.165) is 12.1 Å². The Bertz CT molecular complexity index is 411. The molecule has 110 valence electrons. The highest BCUT2D eigenvalue weighted by molar-refractivity contribution is 5.85. The first kappa shape index (κ1) is 18.1. The van der Waals surface area contributed by atoms with Crippen molar-refractivity contribution in [2.24, 2.45) is 5.73 Å². The van der Waals surface area contributed by atoms with Crippen molar-refractivity contribution in [1.82, 2.24) is 0 Å². The molecule has 0 saturated heterocycles. The molecule has 0 saturated carbocycles. The molecule has 0 aliphatic rings. The maximum atomic E-state index is 13.0. The molecule has 1 aromatic carbocycles. The lowest BCUT2D eigenvalue weighted by molar-refractivity contribution is -0.138. The van der Waals surface area contributed by atoms with Crippen molar-refractivity contribution in [3.05, 3.63) is 35.1 Å². The van der Waals surface area contributed by atoms with Crippen LogP contribution in [-0.4, -0.2) is 11.2 Å². The Morgan fingerprint density at radius 3 is 2.37 bits per heavy atom. The van der Waals surface area contributed by atoms with Gasteiger partial charge in [-0.15, -0.1) is 12.4 Å². The lowest BCUT2D eigenvalue weighted by Crippen LogP contribution is -2.28. The predicted molar refractivity (Wildman–Crippen MR) is 66.5 cm³/mol. The van der Waals surface area contributed by atoms with Gasteiger partial charge in [-0.2, -0.15) is 13.2 Å². The van der Waals surface area contributed by atoms with Gasteiger partial charge in [-0.25, -0.2) is 4.39 Å². The van der Waals surface area contributed by atoms with Crippen LogP contribution in [0.15, 0.2) is 18.2 Å². The van der Waals surface area contributed by atoms with Crippen LogP contribution < -0.4 is 5.73 Å². The van der Waals surface area contributed by atoms with E-state index < -0.39 is 35.3 Å². The molecular weight excluding hydrogens is 286 g/mol. The number of rotatable bonds is 4. The average molecular weight is 302 g/mol. The lowest BCUT2D eigenvalue weighted by atomic mass is 9.94. The zero-order valence-corrected chi connectivity index (χ0v) is 11.1. The third-order valence-electron chi connectivity index (χ3n) is 2.68. The molecule has 0 spiro atoms. The number of nitrogens with two attached hydrogens (primary N) is 1. The minimum atomic E-state index is -4.62. The van der Waals surface area contributed by atoms with Crippen LogP contribution in [0.1, 0.15) is 36.9 Å². The smallest absolute Gasteiger partial charge is 0.391 e. The van der Waals surface area contributed by atoms with Gasteiger partial charge in [0.2, 0.25) is 0 Å². The van der Waals surface area contributed by atoms with E-state index in [-0.39, 0.29) is 18.8 Å². The third kappa shape index (κ3) is 4.63. The Hall–Kier alpha value is -0.850. The van der Waals surface area contributed by atoms with Gasteiger partial charge in [-0.3, -0.25) is 0 Å². The number of halogens is 5. The standard InChI is InChI=1S/C12H15F4NO.ClH/c1-2-3-10(18)11(17)8-6-7(13)4-5-9(8)12(14,15)16;/h4-6,10-11,18H,2-3,17H2,1H3;1H/t10-,11+;/m0./s1. The molecule has 2 nitrogen and oxygen atoms in total. The molecule has 1 rings (SSSR count). The highest BCUT2D eigenvalue weighted by Crippen LogP contribution is 2.35. The van der Waals surface area contributed by atoms with Crippen LogP contribution in [-0.2, 0) is 6.18 Å². The molecule has 1 aromatic rings. The van der Waals surface area contributed by atoms with Gasteiger partial charge >= 0.3 is 6.18 Å². The van der Waals surface area contributed by atoms with E-state index >= 15 is 0 Å². The van der Waals surface area contributed by atoms with Crippen molar-refractivity contribution in [3.8, 4) is 0 Å². The Morgan fingerprint density at radius 2 is 1.89 bits per heavy atom. The summed E-state index contributed by atoms with van der Waals surface area (Å²) in [4.78, 5) is 0. The summed E-state index contributed by atoms with van der Waals surface area (Å²) in [6.45, 7) is 1.77. The van der Waals surface area contributed by atoms with E-state index in [0.29, 0.717) is 12.5 Å². The molecule has 3 N–H and O–H groups in total. The Morgan fingerprint density at radius 1 is 1.32 bits per heavy atom. The van der Waals surface area contributed by atoms with Crippen molar-refractivity contribution in [1.29, 1.82) is 0 Å². The van der Waals surface area contributed by atoms with Crippen molar-refractivity contribution in [3.63, 3.8) is 0 Å². The van der Waals surface area contributed by atoms with E-state index in [2.05, 4.69) is 0 Å². The molecule has 0 radical (unpaired) electrons. The second-order valence-electron chi connectivity index (χ2n) is 4.11. The van der Waals surface area contributed by atoms with E-state index in [1.54, 1.807) is 6.92 Å². The molecule has 2 atom stereocenters. The molecule has 0 bridgehead atoms. The summed E-state index contributed by atoms with van der Waals surface area (Å²) >= 11 is 0. The van der Waals surface area contributed by atoms with Crippen LogP contribution in [0.4, 0.5) is 17.6 Å². The molecule has 0 unspecified atom stereocenters. The van der Waals surface area contributed by atoms with E-state index in [4.69, 9.17) is 5.73 Å². The van der Waals surface area contributed by atoms with Gasteiger partial charge in [-0.1, -0.05) is 13.3 Å². The SMILES string of the molecule is CCC[C@H](O)[C@H](N)c1cc(F)ccc1C(F)(F)F.Cl. The summed E-state index contributed by atoms with van der Waals surface area (Å²) in [5.74, 6) is -0.808. The maximum absolute atomic E-state index is 13.0. The minimum Gasteiger partial charge on any atom is -0.391 e. The van der Waals surface area contributed by atoms with Gasteiger partial charge in [-0.05, 0) is 30.2 Å². The quantitative estimate of drug-likeness (QED) is 0.837. The second kappa shape index (κ2) is 7.07. The van der Waals surface area contributed by atoms with Gasteiger partial charge in [0.05, 0.1) is 17.7 Å². The number of benzene rings is 1. The first-order chi connectivity index (χ1) is 8.27. The molecular formula is C12H16ClF4NO. The molecule has 0 aliphatic heterocycles. The molecule has 7 heteroatoms. The molecule has 0 aromatic heterocycles. The van der Waals surface area contributed by atoms with Crippen molar-refractivity contribution in [2.45, 2.75) is 38.1 Å². The summed E-state index contributed by atoms with van der Waals surface area (Å²) in [7, 11) is 0. The van der Waals surface area contributed by atoms with E-state index in [9.17, 15) is 22.7 Å². The molecule has 0 amide bonds. The van der Waals surface area contributed by atoms with Crippen molar-refractivity contribution in [2.75, 3.05) is 0 Å². The zero-order valence-electron chi connectivity index (χ0n) is 10.2. The van der Waals surface area contributed by atoms with E-state index in [1.807, 2.05) is 0 Å². The van der Waals surface area contributed by atoms with Gasteiger partial charge in [0.15, 0.2) is 0 Å². The second-order valence-corrected chi connectivity index (χ2v) is 4.11. The summed E-state index contributed by atoms with van der Waals surface area (Å²) in [5.41, 5.74) is 4.15. The molecule has 19 heavy (non-hydrogen) atoms. The summed E-state index contributed by atoms with van der Waals surface area (Å²) < 4.78 is 51.2. The van der Waals surface area contributed by atoms with Gasteiger partial charge < -0.3 is 10.8 Å². The van der Waals surface area contributed by atoms with Crippen LogP contribution in [0, 0.1) is 5.82 Å². The summed E-state index contributed by atoms with van der Waals surface area (Å²) in [6.07, 6.45) is -4.91. The van der Waals surface area contributed by atoms with Crippen LogP contribution in [0.25, 0.3) is 0 Å². The Labute approximate surface area is 115 Å². The average Bonchev–Trinajstić information content (AvgIpc) is 2.26. The van der Waals surface area contributed by atoms with Crippen molar-refractivity contribution >= 4 is 12.4 Å². The van der Waals surface area contributed by atoms with Crippen molar-refractivity contribution < 1.29 is 22.7 Å². The number of hydrogen-bond donors (Lipinski definition) is 2. The highest BCUT2D eigenvalue weighted by Gasteiger charge is 2.36. The first-order valence-corrected chi connectivity index (χ1v) is 5.57. The highest BCUT2D eigenvalue weighted by atomic mass is 35.5. The largest absolute Gasteiger partial charge is 0.416 e. The predicted octanol–water partition coefficient (Wildman–Crippen LogP) is 3.43. The van der Waals surface area contributed by atoms with E-state index in [1.165, 1.54) is 0 Å². The number of hydrogen-bond acceptors (Lipinski definition) is 2. The molecule has 0 fully saturated rings. The van der Waals surface area contributed by atoms with Crippen LogP contribution in [0.2, 0.25) is 0 Å². The fraction of sp³-hybridized carbons (Fsp3) is 0.500. The van der Waals surface area contributed by atoms with Crippen LogP contribution in [0.3, 0.4) is 0 Å².